The second-order valence-corrected chi connectivity index (χ2v) is 3.99. The van der Waals surface area contributed by atoms with Crippen LogP contribution in [0.2, 0.25) is 0 Å². The Hall–Kier alpha value is -1.65. The Morgan fingerprint density at radius 1 is 1.28 bits per heavy atom. The van der Waals surface area contributed by atoms with Crippen molar-refractivity contribution in [2.24, 2.45) is 0 Å². The van der Waals surface area contributed by atoms with E-state index < -0.39 is 5.97 Å². The van der Waals surface area contributed by atoms with Gasteiger partial charge in [0.05, 0.1) is 6.61 Å². The largest absolute Gasteiger partial charge is 0.478 e. The lowest BCUT2D eigenvalue weighted by molar-refractivity contribution is -0.132. The average Bonchev–Trinajstić information content (AvgIpc) is 2.39. The van der Waals surface area contributed by atoms with E-state index in [-0.39, 0.29) is 6.61 Å². The molecule has 1 aromatic rings. The lowest BCUT2D eigenvalue weighted by atomic mass is 10.1. The summed E-state index contributed by atoms with van der Waals surface area (Å²) in [6, 6.07) is 7.64. The van der Waals surface area contributed by atoms with E-state index in [9.17, 15) is 4.79 Å². The summed E-state index contributed by atoms with van der Waals surface area (Å²) >= 11 is 0. The SMILES string of the molecule is CC/C(=C/CNCc1ccc(CO)cc1)C(=O)O. The molecule has 0 aromatic heterocycles. The van der Waals surface area contributed by atoms with Gasteiger partial charge in [-0.1, -0.05) is 37.3 Å². The molecular weight excluding hydrogens is 230 g/mol. The van der Waals surface area contributed by atoms with Gasteiger partial charge in [-0.05, 0) is 17.5 Å². The van der Waals surface area contributed by atoms with Gasteiger partial charge in [0.1, 0.15) is 0 Å². The lowest BCUT2D eigenvalue weighted by Gasteiger charge is -2.04. The summed E-state index contributed by atoms with van der Waals surface area (Å²) in [4.78, 5) is 10.7. The summed E-state index contributed by atoms with van der Waals surface area (Å²) in [5.41, 5.74) is 2.42. The molecule has 0 spiro atoms. The molecule has 0 amide bonds. The highest BCUT2D eigenvalue weighted by atomic mass is 16.4. The molecule has 0 saturated heterocycles. The van der Waals surface area contributed by atoms with Crippen LogP contribution in [0.1, 0.15) is 24.5 Å². The molecule has 1 aromatic carbocycles. The molecule has 3 N–H and O–H groups in total. The van der Waals surface area contributed by atoms with E-state index in [4.69, 9.17) is 10.2 Å². The fourth-order valence-corrected chi connectivity index (χ4v) is 1.56. The van der Waals surface area contributed by atoms with E-state index in [0.717, 1.165) is 11.1 Å². The van der Waals surface area contributed by atoms with Crippen LogP contribution in [-0.4, -0.2) is 22.7 Å². The summed E-state index contributed by atoms with van der Waals surface area (Å²) in [7, 11) is 0. The highest BCUT2D eigenvalue weighted by Crippen LogP contribution is 2.04. The second kappa shape index (κ2) is 7.63. The van der Waals surface area contributed by atoms with Gasteiger partial charge in [-0.25, -0.2) is 4.79 Å². The summed E-state index contributed by atoms with van der Waals surface area (Å²) in [6.45, 7) is 3.10. The van der Waals surface area contributed by atoms with Crippen molar-refractivity contribution in [1.82, 2.24) is 5.32 Å². The molecule has 4 heteroatoms. The van der Waals surface area contributed by atoms with Gasteiger partial charge in [-0.2, -0.15) is 0 Å². The minimum Gasteiger partial charge on any atom is -0.478 e. The zero-order chi connectivity index (χ0) is 13.4. The summed E-state index contributed by atoms with van der Waals surface area (Å²) in [5.74, 6) is -0.855. The quantitative estimate of drug-likeness (QED) is 0.508. The van der Waals surface area contributed by atoms with Crippen molar-refractivity contribution in [2.75, 3.05) is 6.54 Å². The van der Waals surface area contributed by atoms with Gasteiger partial charge in [0.2, 0.25) is 0 Å². The van der Waals surface area contributed by atoms with E-state index >= 15 is 0 Å². The first-order valence-electron chi connectivity index (χ1n) is 5.99. The summed E-state index contributed by atoms with van der Waals surface area (Å²) in [6.07, 6.45) is 2.23. The number of aliphatic hydroxyl groups excluding tert-OH is 1. The maximum absolute atomic E-state index is 10.7. The molecule has 18 heavy (non-hydrogen) atoms. The van der Waals surface area contributed by atoms with Gasteiger partial charge >= 0.3 is 5.97 Å². The molecule has 0 bridgehead atoms. The standard InChI is InChI=1S/C14H19NO3/c1-2-13(14(17)18)7-8-15-9-11-3-5-12(10-16)6-4-11/h3-7,15-16H,2,8-10H2,1H3,(H,17,18)/b13-7-. The Labute approximate surface area is 107 Å². The molecule has 0 atom stereocenters. The maximum Gasteiger partial charge on any atom is 0.331 e. The molecule has 0 aliphatic carbocycles. The van der Waals surface area contributed by atoms with Gasteiger partial charge in [0.25, 0.3) is 0 Å². The molecule has 1 rings (SSSR count). The van der Waals surface area contributed by atoms with E-state index in [1.807, 2.05) is 31.2 Å². The molecule has 4 nitrogen and oxygen atoms in total. The van der Waals surface area contributed by atoms with E-state index in [2.05, 4.69) is 5.32 Å². The Kier molecular flexibility index (Phi) is 6.11. The van der Waals surface area contributed by atoms with Crippen molar-refractivity contribution in [1.29, 1.82) is 0 Å². The molecule has 0 unspecified atom stereocenters. The van der Waals surface area contributed by atoms with Crippen LogP contribution in [0.15, 0.2) is 35.9 Å². The normalized spacial score (nSPS) is 11.6. The maximum atomic E-state index is 10.7. The van der Waals surface area contributed by atoms with Gasteiger partial charge in [-0.15, -0.1) is 0 Å². The van der Waals surface area contributed by atoms with Crippen LogP contribution in [0.5, 0.6) is 0 Å². The second-order valence-electron chi connectivity index (χ2n) is 3.99. The van der Waals surface area contributed by atoms with Crippen LogP contribution in [0.3, 0.4) is 0 Å². The number of carbonyl (C=O) groups is 1. The minimum absolute atomic E-state index is 0.0505. The fourth-order valence-electron chi connectivity index (χ4n) is 1.56. The van der Waals surface area contributed by atoms with E-state index in [1.165, 1.54) is 0 Å². The molecule has 0 radical (unpaired) electrons. The van der Waals surface area contributed by atoms with Crippen molar-refractivity contribution >= 4 is 5.97 Å². The number of hydrogen-bond donors (Lipinski definition) is 3. The number of aliphatic hydroxyl groups is 1. The van der Waals surface area contributed by atoms with Crippen LogP contribution < -0.4 is 5.32 Å². The highest BCUT2D eigenvalue weighted by molar-refractivity contribution is 5.86. The number of hydrogen-bond acceptors (Lipinski definition) is 3. The number of nitrogens with one attached hydrogen (secondary N) is 1. The molecule has 0 aliphatic rings. The predicted octanol–water partition coefficient (Wildman–Crippen LogP) is 1.69. The number of carboxylic acid groups (broad SMARTS) is 1. The van der Waals surface area contributed by atoms with Gasteiger partial charge in [0, 0.05) is 18.7 Å². The zero-order valence-corrected chi connectivity index (χ0v) is 10.5. The molecule has 0 fully saturated rings. The van der Waals surface area contributed by atoms with Crippen molar-refractivity contribution in [3.8, 4) is 0 Å². The van der Waals surface area contributed by atoms with Crippen LogP contribution in [-0.2, 0) is 17.9 Å². The number of carboxylic acids is 1. The zero-order valence-electron chi connectivity index (χ0n) is 10.5. The first-order valence-corrected chi connectivity index (χ1v) is 5.99. The van der Waals surface area contributed by atoms with E-state index in [0.29, 0.717) is 25.1 Å². The average molecular weight is 249 g/mol. The lowest BCUT2D eigenvalue weighted by Crippen LogP contribution is -2.14. The van der Waals surface area contributed by atoms with Crippen LogP contribution in [0, 0.1) is 0 Å². The number of benzene rings is 1. The first kappa shape index (κ1) is 14.4. The van der Waals surface area contributed by atoms with Crippen LogP contribution >= 0.6 is 0 Å². The molecule has 0 aliphatic heterocycles. The van der Waals surface area contributed by atoms with Gasteiger partial charge in [0.15, 0.2) is 0 Å². The Morgan fingerprint density at radius 3 is 2.39 bits per heavy atom. The third-order valence-corrected chi connectivity index (χ3v) is 2.68. The first-order chi connectivity index (χ1) is 8.67. The Morgan fingerprint density at radius 2 is 1.89 bits per heavy atom. The van der Waals surface area contributed by atoms with Gasteiger partial charge in [-0.3, -0.25) is 0 Å². The Balaban J connectivity index is 2.39. The highest BCUT2D eigenvalue weighted by Gasteiger charge is 2.02. The smallest absolute Gasteiger partial charge is 0.331 e. The summed E-state index contributed by atoms with van der Waals surface area (Å²) in [5, 5.41) is 20.9. The van der Waals surface area contributed by atoms with Crippen molar-refractivity contribution < 1.29 is 15.0 Å². The third kappa shape index (κ3) is 4.69. The molecular formula is C14H19NO3. The minimum atomic E-state index is -0.855. The van der Waals surface area contributed by atoms with Crippen molar-refractivity contribution in [3.05, 3.63) is 47.0 Å². The molecule has 98 valence electrons. The van der Waals surface area contributed by atoms with Gasteiger partial charge < -0.3 is 15.5 Å². The Bertz CT molecular complexity index is 410. The number of rotatable bonds is 7. The summed E-state index contributed by atoms with van der Waals surface area (Å²) < 4.78 is 0. The van der Waals surface area contributed by atoms with Crippen molar-refractivity contribution in [2.45, 2.75) is 26.5 Å². The third-order valence-electron chi connectivity index (χ3n) is 2.68. The van der Waals surface area contributed by atoms with E-state index in [1.54, 1.807) is 6.08 Å². The van der Waals surface area contributed by atoms with Crippen LogP contribution in [0.4, 0.5) is 0 Å². The number of aliphatic carboxylic acids is 1. The fraction of sp³-hybridized carbons (Fsp3) is 0.357. The predicted molar refractivity (Wildman–Crippen MR) is 70.1 cm³/mol. The van der Waals surface area contributed by atoms with Crippen molar-refractivity contribution in [3.63, 3.8) is 0 Å². The topological polar surface area (TPSA) is 69.6 Å². The van der Waals surface area contributed by atoms with Crippen LogP contribution in [0.25, 0.3) is 0 Å². The monoisotopic (exact) mass is 249 g/mol. The molecule has 0 saturated carbocycles. The molecule has 0 heterocycles.